The maximum absolute atomic E-state index is 11.8. The van der Waals surface area contributed by atoms with E-state index in [9.17, 15) is 4.79 Å². The number of benzene rings is 3. The molecule has 0 aliphatic heterocycles. The summed E-state index contributed by atoms with van der Waals surface area (Å²) in [5.74, 6) is 0.540. The number of aromatic nitrogens is 1. The number of pyridine rings is 1. The molecule has 166 valence electrons. The van der Waals surface area contributed by atoms with E-state index in [1.807, 2.05) is 43.3 Å². The molecule has 0 atom stereocenters. The molecule has 3 aromatic carbocycles. The fourth-order valence-electron chi connectivity index (χ4n) is 4.12. The minimum absolute atomic E-state index is 0.204. The number of aryl methyl sites for hydroxylation is 1. The Kier molecular flexibility index (Phi) is 7.16. The number of ether oxygens (including phenoxy) is 1. The molecule has 0 aliphatic carbocycles. The molecule has 1 aromatic heterocycles. The highest BCUT2D eigenvalue weighted by atomic mass is 16.5. The second-order valence-electron chi connectivity index (χ2n) is 7.79. The Morgan fingerprint density at radius 2 is 1.27 bits per heavy atom. The van der Waals surface area contributed by atoms with Gasteiger partial charge in [0.05, 0.1) is 13.0 Å². The lowest BCUT2D eigenvalue weighted by molar-refractivity contribution is -0.143. The van der Waals surface area contributed by atoms with Gasteiger partial charge >= 0.3 is 5.97 Å². The summed E-state index contributed by atoms with van der Waals surface area (Å²) in [6.07, 6.45) is 0.842. The van der Waals surface area contributed by atoms with E-state index in [-0.39, 0.29) is 5.97 Å². The van der Waals surface area contributed by atoms with Gasteiger partial charge in [-0.25, -0.2) is 4.98 Å². The molecular formula is C29H28N2O2. The number of nitrogens with zero attached hydrogens (tertiary/aromatic N) is 1. The normalized spacial score (nSPS) is 11.1. The molecule has 0 saturated heterocycles. The first-order valence-electron chi connectivity index (χ1n) is 11.3. The van der Waals surface area contributed by atoms with Crippen LogP contribution in [0.1, 0.15) is 35.7 Å². The van der Waals surface area contributed by atoms with Crippen LogP contribution in [0, 0.1) is 0 Å². The standard InChI is InChI=1S/C29H28N2O2/c1-2-33-28(32)22-21-26-19-12-20-27(30-26)31-29(23-13-6-3-7-14-23,24-15-8-4-9-16-24)25-17-10-5-11-18-25/h3-20H,2,21-22H2,1H3,(H,30,31). The summed E-state index contributed by atoms with van der Waals surface area (Å²) < 4.78 is 5.07. The van der Waals surface area contributed by atoms with Gasteiger partial charge in [0.1, 0.15) is 11.4 Å². The van der Waals surface area contributed by atoms with Gasteiger partial charge in [-0.2, -0.15) is 0 Å². The number of hydrogen-bond donors (Lipinski definition) is 1. The minimum atomic E-state index is -0.642. The van der Waals surface area contributed by atoms with Gasteiger partial charge in [0.2, 0.25) is 0 Å². The highest BCUT2D eigenvalue weighted by molar-refractivity contribution is 5.69. The lowest BCUT2D eigenvalue weighted by atomic mass is 9.77. The first kappa shape index (κ1) is 22.3. The number of hydrogen-bond acceptors (Lipinski definition) is 4. The molecule has 0 aliphatic rings. The van der Waals surface area contributed by atoms with E-state index < -0.39 is 5.54 Å². The van der Waals surface area contributed by atoms with Crippen molar-refractivity contribution in [2.45, 2.75) is 25.3 Å². The predicted octanol–water partition coefficient (Wildman–Crippen LogP) is 5.98. The molecule has 0 unspecified atom stereocenters. The molecule has 0 bridgehead atoms. The monoisotopic (exact) mass is 436 g/mol. The Morgan fingerprint density at radius 3 is 1.76 bits per heavy atom. The molecule has 4 nitrogen and oxygen atoms in total. The summed E-state index contributed by atoms with van der Waals surface area (Å²) >= 11 is 0. The van der Waals surface area contributed by atoms with Gasteiger partial charge in [0, 0.05) is 12.1 Å². The topological polar surface area (TPSA) is 51.2 Å². The van der Waals surface area contributed by atoms with Gasteiger partial charge in [0.15, 0.2) is 0 Å². The molecule has 4 rings (SSSR count). The van der Waals surface area contributed by atoms with Crippen LogP contribution >= 0.6 is 0 Å². The third-order valence-corrected chi connectivity index (χ3v) is 5.63. The number of carbonyl (C=O) groups is 1. The smallest absolute Gasteiger partial charge is 0.306 e. The Labute approximate surface area is 195 Å². The van der Waals surface area contributed by atoms with E-state index >= 15 is 0 Å². The number of esters is 1. The lowest BCUT2D eigenvalue weighted by Crippen LogP contribution is -2.38. The van der Waals surface area contributed by atoms with Crippen molar-refractivity contribution >= 4 is 11.8 Å². The zero-order chi connectivity index (χ0) is 22.9. The first-order valence-corrected chi connectivity index (χ1v) is 11.3. The average Bonchev–Trinajstić information content (AvgIpc) is 2.88. The van der Waals surface area contributed by atoms with Gasteiger partial charge in [-0.1, -0.05) is 97.1 Å². The Morgan fingerprint density at radius 1 is 0.758 bits per heavy atom. The number of nitrogens with one attached hydrogen (secondary N) is 1. The van der Waals surface area contributed by atoms with Crippen molar-refractivity contribution in [1.82, 2.24) is 4.98 Å². The summed E-state index contributed by atoms with van der Waals surface area (Å²) in [5, 5.41) is 3.77. The van der Waals surface area contributed by atoms with Crippen molar-refractivity contribution in [3.63, 3.8) is 0 Å². The van der Waals surface area contributed by atoms with Crippen LogP contribution in [-0.2, 0) is 21.5 Å². The third-order valence-electron chi connectivity index (χ3n) is 5.63. The summed E-state index contributed by atoms with van der Waals surface area (Å²) in [6.45, 7) is 2.21. The molecule has 33 heavy (non-hydrogen) atoms. The van der Waals surface area contributed by atoms with E-state index in [1.54, 1.807) is 0 Å². The molecule has 1 N–H and O–H groups in total. The summed E-state index contributed by atoms with van der Waals surface area (Å²) in [7, 11) is 0. The fourth-order valence-corrected chi connectivity index (χ4v) is 4.12. The highest BCUT2D eigenvalue weighted by Gasteiger charge is 2.36. The highest BCUT2D eigenvalue weighted by Crippen LogP contribution is 2.39. The largest absolute Gasteiger partial charge is 0.466 e. The van der Waals surface area contributed by atoms with Crippen LogP contribution in [0.4, 0.5) is 5.82 Å². The van der Waals surface area contributed by atoms with E-state index in [1.165, 1.54) is 0 Å². The number of rotatable bonds is 9. The van der Waals surface area contributed by atoms with Gasteiger partial charge < -0.3 is 10.1 Å². The van der Waals surface area contributed by atoms with E-state index in [0.29, 0.717) is 19.4 Å². The summed E-state index contributed by atoms with van der Waals surface area (Å²) in [5.41, 5.74) is 3.54. The Hall–Kier alpha value is -3.92. The van der Waals surface area contributed by atoms with Crippen molar-refractivity contribution in [2.24, 2.45) is 0 Å². The van der Waals surface area contributed by atoms with Crippen LogP contribution < -0.4 is 5.32 Å². The molecule has 4 heteroatoms. The van der Waals surface area contributed by atoms with Crippen molar-refractivity contribution < 1.29 is 9.53 Å². The first-order chi connectivity index (χ1) is 16.2. The quantitative estimate of drug-likeness (QED) is 0.259. The molecule has 0 spiro atoms. The zero-order valence-electron chi connectivity index (χ0n) is 18.8. The van der Waals surface area contributed by atoms with Crippen molar-refractivity contribution in [2.75, 3.05) is 11.9 Å². The summed E-state index contributed by atoms with van der Waals surface area (Å²) in [4.78, 5) is 16.7. The van der Waals surface area contributed by atoms with Crippen LogP contribution in [0.5, 0.6) is 0 Å². The number of anilines is 1. The Balaban J connectivity index is 1.78. The summed E-state index contributed by atoms with van der Waals surface area (Å²) in [6, 6.07) is 37.1. The Bertz CT molecular complexity index is 1070. The van der Waals surface area contributed by atoms with Crippen LogP contribution in [0.3, 0.4) is 0 Å². The molecule has 0 fully saturated rings. The van der Waals surface area contributed by atoms with E-state index in [4.69, 9.17) is 9.72 Å². The predicted molar refractivity (Wildman–Crippen MR) is 132 cm³/mol. The fraction of sp³-hybridized carbons (Fsp3) is 0.172. The van der Waals surface area contributed by atoms with Gasteiger partial charge in [-0.15, -0.1) is 0 Å². The lowest BCUT2D eigenvalue weighted by Gasteiger charge is -2.37. The van der Waals surface area contributed by atoms with E-state index in [0.717, 1.165) is 28.2 Å². The molecular weight excluding hydrogens is 408 g/mol. The van der Waals surface area contributed by atoms with Crippen LogP contribution in [0.15, 0.2) is 109 Å². The van der Waals surface area contributed by atoms with Crippen LogP contribution in [0.25, 0.3) is 0 Å². The maximum atomic E-state index is 11.8. The van der Waals surface area contributed by atoms with Crippen LogP contribution in [0.2, 0.25) is 0 Å². The molecule has 0 saturated carbocycles. The van der Waals surface area contributed by atoms with Crippen LogP contribution in [-0.4, -0.2) is 17.6 Å². The van der Waals surface area contributed by atoms with Crippen molar-refractivity contribution in [3.8, 4) is 0 Å². The SMILES string of the molecule is CCOC(=O)CCc1cccc(NC(c2ccccc2)(c2ccccc2)c2ccccc2)n1. The molecule has 0 amide bonds. The van der Waals surface area contributed by atoms with E-state index in [2.05, 4.69) is 78.1 Å². The third kappa shape index (κ3) is 5.12. The van der Waals surface area contributed by atoms with Crippen molar-refractivity contribution in [3.05, 3.63) is 132 Å². The minimum Gasteiger partial charge on any atom is -0.466 e. The zero-order valence-corrected chi connectivity index (χ0v) is 18.8. The second-order valence-corrected chi connectivity index (χ2v) is 7.79. The maximum Gasteiger partial charge on any atom is 0.306 e. The number of carbonyl (C=O) groups excluding carboxylic acids is 1. The van der Waals surface area contributed by atoms with Gasteiger partial charge in [-0.05, 0) is 35.7 Å². The molecule has 4 aromatic rings. The molecule has 1 heterocycles. The molecule has 0 radical (unpaired) electrons. The second kappa shape index (κ2) is 10.6. The average molecular weight is 437 g/mol. The van der Waals surface area contributed by atoms with Crippen molar-refractivity contribution in [1.29, 1.82) is 0 Å². The van der Waals surface area contributed by atoms with Gasteiger partial charge in [0.25, 0.3) is 0 Å². The van der Waals surface area contributed by atoms with Gasteiger partial charge in [-0.3, -0.25) is 4.79 Å².